The summed E-state index contributed by atoms with van der Waals surface area (Å²) in [5, 5.41) is 2.77. The normalized spacial score (nSPS) is 21.7. The van der Waals surface area contributed by atoms with Crippen molar-refractivity contribution in [3.05, 3.63) is 0 Å². The van der Waals surface area contributed by atoms with E-state index < -0.39 is 18.1 Å². The molecule has 1 heterocycles. The van der Waals surface area contributed by atoms with Crippen LogP contribution in [0.4, 0.5) is 13.2 Å². The van der Waals surface area contributed by atoms with Crippen LogP contribution in [0.1, 0.15) is 20.3 Å². The molecule has 1 N–H and O–H groups in total. The molecule has 1 aliphatic heterocycles. The minimum atomic E-state index is -4.15. The molecule has 0 aromatic carbocycles. The van der Waals surface area contributed by atoms with Crippen molar-refractivity contribution in [2.75, 3.05) is 32.1 Å². The number of carbonyl (C=O) groups is 1. The number of hydrogen-bond donors (Lipinski definition) is 1. The van der Waals surface area contributed by atoms with Gasteiger partial charge in [0.25, 0.3) is 0 Å². The largest absolute Gasteiger partial charge is 0.401 e. The summed E-state index contributed by atoms with van der Waals surface area (Å²) >= 11 is 5.69. The van der Waals surface area contributed by atoms with E-state index in [1.807, 2.05) is 0 Å². The van der Waals surface area contributed by atoms with Crippen LogP contribution >= 0.6 is 11.6 Å². The second-order valence-electron chi connectivity index (χ2n) is 5.73. The van der Waals surface area contributed by atoms with Crippen LogP contribution in [0.2, 0.25) is 0 Å². The molecule has 0 bridgehead atoms. The van der Waals surface area contributed by atoms with Gasteiger partial charge in [-0.2, -0.15) is 13.2 Å². The average molecular weight is 301 g/mol. The Labute approximate surface area is 116 Å². The van der Waals surface area contributed by atoms with E-state index in [1.165, 1.54) is 4.90 Å². The van der Waals surface area contributed by atoms with Crippen molar-refractivity contribution in [3.8, 4) is 0 Å². The maximum absolute atomic E-state index is 12.2. The van der Waals surface area contributed by atoms with Crippen molar-refractivity contribution in [1.82, 2.24) is 10.2 Å². The van der Waals surface area contributed by atoms with E-state index in [-0.39, 0.29) is 17.7 Å². The van der Waals surface area contributed by atoms with E-state index in [1.54, 1.807) is 13.8 Å². The number of rotatable bonds is 5. The number of carbonyl (C=O) groups excluding carboxylic acids is 1. The lowest BCUT2D eigenvalue weighted by atomic mass is 9.95. The maximum Gasteiger partial charge on any atom is 0.401 e. The molecule has 3 nitrogen and oxygen atoms in total. The summed E-state index contributed by atoms with van der Waals surface area (Å²) in [6.45, 7) is 3.82. The van der Waals surface area contributed by atoms with Gasteiger partial charge in [0.05, 0.1) is 12.0 Å². The van der Waals surface area contributed by atoms with Crippen LogP contribution in [0.3, 0.4) is 0 Å². The average Bonchev–Trinajstić information content (AvgIpc) is 2.71. The van der Waals surface area contributed by atoms with Gasteiger partial charge in [-0.3, -0.25) is 9.69 Å². The Hall–Kier alpha value is -0.490. The molecule has 1 aliphatic rings. The maximum atomic E-state index is 12.2. The molecule has 1 saturated heterocycles. The Bertz CT molecular complexity index is 321. The number of amides is 1. The smallest absolute Gasteiger partial charge is 0.355 e. The summed E-state index contributed by atoms with van der Waals surface area (Å²) in [4.78, 5) is 13.2. The van der Waals surface area contributed by atoms with Crippen LogP contribution in [-0.2, 0) is 4.79 Å². The minimum Gasteiger partial charge on any atom is -0.355 e. The highest BCUT2D eigenvalue weighted by atomic mass is 35.5. The monoisotopic (exact) mass is 300 g/mol. The van der Waals surface area contributed by atoms with Gasteiger partial charge in [0.1, 0.15) is 0 Å². The molecule has 1 amide bonds. The Morgan fingerprint density at radius 3 is 2.58 bits per heavy atom. The molecule has 7 heteroatoms. The fourth-order valence-corrected chi connectivity index (χ4v) is 2.14. The number of hydrogen-bond acceptors (Lipinski definition) is 2. The highest BCUT2D eigenvalue weighted by Crippen LogP contribution is 2.23. The van der Waals surface area contributed by atoms with Crippen molar-refractivity contribution in [2.24, 2.45) is 11.3 Å². The topological polar surface area (TPSA) is 32.3 Å². The Morgan fingerprint density at radius 1 is 1.42 bits per heavy atom. The summed E-state index contributed by atoms with van der Waals surface area (Å²) in [7, 11) is 0. The molecule has 19 heavy (non-hydrogen) atoms. The molecule has 1 fully saturated rings. The summed E-state index contributed by atoms with van der Waals surface area (Å²) in [6, 6.07) is 0. The van der Waals surface area contributed by atoms with E-state index in [4.69, 9.17) is 11.6 Å². The molecule has 1 rings (SSSR count). The van der Waals surface area contributed by atoms with Crippen LogP contribution < -0.4 is 5.32 Å². The molecular formula is C12H20ClF3N2O. The molecule has 0 aliphatic carbocycles. The molecule has 1 unspecified atom stereocenters. The molecule has 0 aromatic heterocycles. The fraction of sp³-hybridized carbons (Fsp3) is 0.917. The SMILES string of the molecule is CC(C)(CCl)C(=O)NCC1CCN(CC(F)(F)F)C1. The Kier molecular flexibility index (Phi) is 5.50. The summed E-state index contributed by atoms with van der Waals surface area (Å²) in [6.07, 6.45) is -3.48. The number of likely N-dealkylation sites (tertiary alicyclic amines) is 1. The van der Waals surface area contributed by atoms with Gasteiger partial charge < -0.3 is 5.32 Å². The Morgan fingerprint density at radius 2 is 2.05 bits per heavy atom. The standard InChI is InChI=1S/C12H20ClF3N2O/c1-11(2,7-13)10(19)17-5-9-3-4-18(6-9)8-12(14,15)16/h9H,3-8H2,1-2H3,(H,17,19). The zero-order chi connectivity index (χ0) is 14.7. The van der Waals surface area contributed by atoms with Crippen molar-refractivity contribution in [1.29, 1.82) is 0 Å². The van der Waals surface area contributed by atoms with Gasteiger partial charge in [-0.05, 0) is 32.7 Å². The van der Waals surface area contributed by atoms with Crippen molar-refractivity contribution < 1.29 is 18.0 Å². The second kappa shape index (κ2) is 6.31. The van der Waals surface area contributed by atoms with Crippen LogP contribution in [0, 0.1) is 11.3 Å². The first kappa shape index (κ1) is 16.6. The van der Waals surface area contributed by atoms with Crippen LogP contribution in [0.5, 0.6) is 0 Å². The van der Waals surface area contributed by atoms with Crippen molar-refractivity contribution in [3.63, 3.8) is 0 Å². The van der Waals surface area contributed by atoms with Crippen molar-refractivity contribution >= 4 is 17.5 Å². The van der Waals surface area contributed by atoms with E-state index in [0.717, 1.165) is 0 Å². The van der Waals surface area contributed by atoms with Gasteiger partial charge in [-0.15, -0.1) is 11.6 Å². The third kappa shape index (κ3) is 5.57. The molecule has 0 aromatic rings. The molecule has 112 valence electrons. The molecular weight excluding hydrogens is 281 g/mol. The summed E-state index contributed by atoms with van der Waals surface area (Å²) in [5.41, 5.74) is -0.647. The number of nitrogens with one attached hydrogen (secondary N) is 1. The highest BCUT2D eigenvalue weighted by Gasteiger charge is 2.34. The lowest BCUT2D eigenvalue weighted by molar-refractivity contribution is -0.143. The van der Waals surface area contributed by atoms with E-state index >= 15 is 0 Å². The molecule has 0 spiro atoms. The molecule has 0 saturated carbocycles. The minimum absolute atomic E-state index is 0.0809. The van der Waals surface area contributed by atoms with Gasteiger partial charge in [0.15, 0.2) is 0 Å². The van der Waals surface area contributed by atoms with E-state index in [0.29, 0.717) is 26.1 Å². The fourth-order valence-electron chi connectivity index (χ4n) is 2.01. The van der Waals surface area contributed by atoms with Crippen molar-refractivity contribution in [2.45, 2.75) is 26.4 Å². The van der Waals surface area contributed by atoms with Gasteiger partial charge in [0, 0.05) is 19.0 Å². The first-order chi connectivity index (χ1) is 8.64. The first-order valence-corrected chi connectivity index (χ1v) is 6.81. The van der Waals surface area contributed by atoms with Gasteiger partial charge in [-0.1, -0.05) is 0 Å². The number of halogens is 4. The van der Waals surface area contributed by atoms with E-state index in [2.05, 4.69) is 5.32 Å². The van der Waals surface area contributed by atoms with E-state index in [9.17, 15) is 18.0 Å². The first-order valence-electron chi connectivity index (χ1n) is 6.27. The quantitative estimate of drug-likeness (QED) is 0.790. The Balaban J connectivity index is 2.32. The van der Waals surface area contributed by atoms with Gasteiger partial charge >= 0.3 is 6.18 Å². The number of alkyl halides is 4. The number of nitrogens with zero attached hydrogens (tertiary/aromatic N) is 1. The van der Waals surface area contributed by atoms with Crippen LogP contribution in [0.25, 0.3) is 0 Å². The zero-order valence-corrected chi connectivity index (χ0v) is 11.9. The summed E-state index contributed by atoms with van der Waals surface area (Å²) in [5.74, 6) is 0.137. The molecule has 0 radical (unpaired) electrons. The van der Waals surface area contributed by atoms with Gasteiger partial charge in [-0.25, -0.2) is 0 Å². The predicted molar refractivity (Wildman–Crippen MR) is 68.1 cm³/mol. The zero-order valence-electron chi connectivity index (χ0n) is 11.2. The summed E-state index contributed by atoms with van der Waals surface area (Å²) < 4.78 is 36.7. The van der Waals surface area contributed by atoms with Crippen LogP contribution in [0.15, 0.2) is 0 Å². The predicted octanol–water partition coefficient (Wildman–Crippen LogP) is 2.25. The third-order valence-corrected chi connectivity index (χ3v) is 3.94. The lowest BCUT2D eigenvalue weighted by Crippen LogP contribution is -2.41. The molecule has 1 atom stereocenters. The second-order valence-corrected chi connectivity index (χ2v) is 6.00. The van der Waals surface area contributed by atoms with Crippen LogP contribution in [-0.4, -0.2) is 49.0 Å². The lowest BCUT2D eigenvalue weighted by Gasteiger charge is -2.22. The van der Waals surface area contributed by atoms with Gasteiger partial charge in [0.2, 0.25) is 5.91 Å². The third-order valence-electron chi connectivity index (χ3n) is 3.27. The highest BCUT2D eigenvalue weighted by molar-refractivity contribution is 6.19.